The first-order chi connectivity index (χ1) is 12.4. The van der Waals surface area contributed by atoms with Crippen LogP contribution in [0.5, 0.6) is 5.88 Å². The van der Waals surface area contributed by atoms with E-state index >= 15 is 0 Å². The van der Waals surface area contributed by atoms with Gasteiger partial charge in [-0.3, -0.25) is 10.1 Å². The van der Waals surface area contributed by atoms with Crippen molar-refractivity contribution in [1.29, 1.82) is 0 Å². The van der Waals surface area contributed by atoms with Crippen LogP contribution >= 0.6 is 15.9 Å². The Morgan fingerprint density at radius 3 is 2.54 bits per heavy atom. The van der Waals surface area contributed by atoms with Gasteiger partial charge >= 0.3 is 6.03 Å². The Labute approximate surface area is 155 Å². The Kier molecular flexibility index (Phi) is 3.73. The first kappa shape index (κ1) is 16.6. The third-order valence-electron chi connectivity index (χ3n) is 4.51. The Bertz CT molecular complexity index is 1050. The summed E-state index contributed by atoms with van der Waals surface area (Å²) in [5, 5.41) is 16.8. The molecule has 3 N–H and O–H groups in total. The van der Waals surface area contributed by atoms with Gasteiger partial charge in [-0.25, -0.2) is 9.18 Å². The van der Waals surface area contributed by atoms with Crippen molar-refractivity contribution in [1.82, 2.24) is 15.2 Å². The van der Waals surface area contributed by atoms with E-state index in [1.165, 1.54) is 28.8 Å². The van der Waals surface area contributed by atoms with E-state index in [-0.39, 0.29) is 12.4 Å². The number of benzene rings is 2. The fraction of sp³-hybridized carbons (Fsp3) is 0.111. The van der Waals surface area contributed by atoms with Crippen LogP contribution in [0.15, 0.2) is 53.1 Å². The normalized spacial score (nSPS) is 19.6. The highest BCUT2D eigenvalue weighted by atomic mass is 79.9. The van der Waals surface area contributed by atoms with E-state index in [1.807, 2.05) is 6.07 Å². The van der Waals surface area contributed by atoms with Crippen molar-refractivity contribution >= 4 is 38.6 Å². The minimum Gasteiger partial charge on any atom is -0.494 e. The second-order valence-corrected chi connectivity index (χ2v) is 7.05. The number of amides is 3. The van der Waals surface area contributed by atoms with Gasteiger partial charge in [-0.05, 0) is 35.9 Å². The van der Waals surface area contributed by atoms with Gasteiger partial charge in [0.05, 0.1) is 6.54 Å². The highest BCUT2D eigenvalue weighted by Gasteiger charge is 2.48. The van der Waals surface area contributed by atoms with Crippen LogP contribution in [-0.2, 0) is 16.9 Å². The minimum absolute atomic E-state index is 0.0251. The van der Waals surface area contributed by atoms with E-state index in [9.17, 15) is 19.1 Å². The maximum Gasteiger partial charge on any atom is 0.322 e. The number of nitrogens with one attached hydrogen (secondary N) is 2. The first-order valence-electron chi connectivity index (χ1n) is 7.76. The highest BCUT2D eigenvalue weighted by Crippen LogP contribution is 2.34. The molecule has 4 rings (SSSR count). The molecule has 1 aliphatic heterocycles. The molecule has 1 aliphatic rings. The molecule has 8 heteroatoms. The van der Waals surface area contributed by atoms with E-state index < -0.39 is 23.3 Å². The molecule has 2 aromatic carbocycles. The van der Waals surface area contributed by atoms with E-state index in [2.05, 4.69) is 26.6 Å². The molecule has 3 aromatic rings. The number of carbonyl (C=O) groups excluding carboxylic acids is 2. The van der Waals surface area contributed by atoms with Crippen molar-refractivity contribution in [3.05, 3.63) is 64.5 Å². The number of halogens is 2. The number of aromatic hydroxyl groups is 1. The van der Waals surface area contributed by atoms with E-state index in [4.69, 9.17) is 0 Å². The topological polar surface area (TPSA) is 83.4 Å². The highest BCUT2D eigenvalue weighted by molar-refractivity contribution is 9.10. The van der Waals surface area contributed by atoms with Crippen molar-refractivity contribution in [3.8, 4) is 5.88 Å². The molecule has 3 amide bonds. The lowest BCUT2D eigenvalue weighted by atomic mass is 9.89. The number of aromatic nitrogens is 1. The molecule has 0 aliphatic carbocycles. The molecule has 2 heterocycles. The molecule has 1 atom stereocenters. The lowest BCUT2D eigenvalue weighted by Crippen LogP contribution is -2.47. The molecule has 26 heavy (non-hydrogen) atoms. The van der Waals surface area contributed by atoms with E-state index in [1.54, 1.807) is 18.3 Å². The fourth-order valence-corrected chi connectivity index (χ4v) is 3.61. The fourth-order valence-electron chi connectivity index (χ4n) is 3.24. The third-order valence-corrected chi connectivity index (χ3v) is 5.00. The van der Waals surface area contributed by atoms with Crippen LogP contribution in [0.25, 0.3) is 10.8 Å². The second-order valence-electron chi connectivity index (χ2n) is 6.13. The number of nitrogens with zero attached hydrogens (tertiary/aromatic N) is 1. The summed E-state index contributed by atoms with van der Waals surface area (Å²) in [5.41, 5.74) is -1.03. The summed E-state index contributed by atoms with van der Waals surface area (Å²) in [6, 6.07) is 10.1. The predicted molar refractivity (Wildman–Crippen MR) is 96.1 cm³/mol. The number of carbonyl (C=O) groups is 2. The summed E-state index contributed by atoms with van der Waals surface area (Å²) >= 11 is 3.38. The minimum atomic E-state index is -1.45. The predicted octanol–water partition coefficient (Wildman–Crippen LogP) is 2.98. The zero-order valence-electron chi connectivity index (χ0n) is 13.3. The maximum absolute atomic E-state index is 13.3. The molecule has 1 aromatic heterocycles. The van der Waals surface area contributed by atoms with Crippen LogP contribution in [0.3, 0.4) is 0 Å². The zero-order valence-corrected chi connectivity index (χ0v) is 14.9. The van der Waals surface area contributed by atoms with Crippen LogP contribution in [0.2, 0.25) is 0 Å². The van der Waals surface area contributed by atoms with Crippen LogP contribution in [-0.4, -0.2) is 21.6 Å². The second kappa shape index (κ2) is 5.84. The van der Waals surface area contributed by atoms with Gasteiger partial charge in [-0.2, -0.15) is 0 Å². The molecule has 0 bridgehead atoms. The van der Waals surface area contributed by atoms with Gasteiger partial charge in [0, 0.05) is 21.4 Å². The molecule has 0 spiro atoms. The molecular weight excluding hydrogens is 405 g/mol. The van der Waals surface area contributed by atoms with E-state index in [0.717, 1.165) is 9.86 Å². The summed E-state index contributed by atoms with van der Waals surface area (Å²) in [5.74, 6) is -1.04. The van der Waals surface area contributed by atoms with Crippen LogP contribution < -0.4 is 10.6 Å². The maximum atomic E-state index is 13.3. The van der Waals surface area contributed by atoms with Crippen molar-refractivity contribution < 1.29 is 19.1 Å². The number of fused-ring (bicyclic) bond motifs is 1. The Hall–Kier alpha value is -2.87. The van der Waals surface area contributed by atoms with E-state index in [0.29, 0.717) is 10.9 Å². The zero-order chi connectivity index (χ0) is 18.5. The summed E-state index contributed by atoms with van der Waals surface area (Å²) in [4.78, 5) is 24.4. The molecule has 6 nitrogen and oxygen atoms in total. The Morgan fingerprint density at radius 2 is 1.88 bits per heavy atom. The lowest BCUT2D eigenvalue weighted by Gasteiger charge is -2.27. The SMILES string of the molecule is O=C1NC(=O)C(Cn2cc3cc(Br)ccc3c2O)(c2ccc(F)cc2)N1. The van der Waals surface area contributed by atoms with Gasteiger partial charge in [0.2, 0.25) is 0 Å². The Balaban J connectivity index is 1.84. The number of imide groups is 1. The third kappa shape index (κ3) is 2.53. The van der Waals surface area contributed by atoms with Crippen LogP contribution in [0.1, 0.15) is 5.56 Å². The van der Waals surface area contributed by atoms with Crippen LogP contribution in [0, 0.1) is 5.82 Å². The molecule has 1 fully saturated rings. The monoisotopic (exact) mass is 417 g/mol. The molecule has 132 valence electrons. The Morgan fingerprint density at radius 1 is 1.15 bits per heavy atom. The molecule has 0 saturated carbocycles. The first-order valence-corrected chi connectivity index (χ1v) is 8.55. The van der Waals surface area contributed by atoms with Crippen molar-refractivity contribution in [3.63, 3.8) is 0 Å². The van der Waals surface area contributed by atoms with Gasteiger partial charge in [0.1, 0.15) is 5.82 Å². The van der Waals surface area contributed by atoms with Gasteiger partial charge in [-0.15, -0.1) is 0 Å². The van der Waals surface area contributed by atoms with Gasteiger partial charge in [0.15, 0.2) is 11.4 Å². The largest absolute Gasteiger partial charge is 0.494 e. The van der Waals surface area contributed by atoms with Crippen molar-refractivity contribution in [2.75, 3.05) is 0 Å². The van der Waals surface area contributed by atoms with Gasteiger partial charge in [0.25, 0.3) is 5.91 Å². The van der Waals surface area contributed by atoms with Gasteiger partial charge in [-0.1, -0.05) is 28.1 Å². The number of hydrogen-bond donors (Lipinski definition) is 3. The summed E-state index contributed by atoms with van der Waals surface area (Å²) in [6.07, 6.45) is 1.69. The average Bonchev–Trinajstić information content (AvgIpc) is 3.05. The quantitative estimate of drug-likeness (QED) is 0.572. The lowest BCUT2D eigenvalue weighted by molar-refractivity contribution is -0.124. The van der Waals surface area contributed by atoms with Crippen LogP contribution in [0.4, 0.5) is 9.18 Å². The average molecular weight is 418 g/mol. The smallest absolute Gasteiger partial charge is 0.322 e. The summed E-state index contributed by atoms with van der Waals surface area (Å²) in [7, 11) is 0. The molecule has 1 saturated heterocycles. The molecule has 1 unspecified atom stereocenters. The van der Waals surface area contributed by atoms with Gasteiger partial charge < -0.3 is 15.0 Å². The molecular formula is C18H13BrFN3O3. The number of urea groups is 1. The van der Waals surface area contributed by atoms with Crippen molar-refractivity contribution in [2.45, 2.75) is 12.1 Å². The standard InChI is InChI=1S/C18H13BrFN3O3/c19-12-3-6-14-10(7-12)8-23(15(14)24)9-18(16(25)21-17(26)22-18)11-1-4-13(20)5-2-11/h1-8,24H,9H2,(H2,21,22,25,26). The number of hydrogen-bond acceptors (Lipinski definition) is 3. The number of rotatable bonds is 3. The van der Waals surface area contributed by atoms with Crippen molar-refractivity contribution in [2.24, 2.45) is 0 Å². The summed E-state index contributed by atoms with van der Waals surface area (Å²) < 4.78 is 15.6. The summed E-state index contributed by atoms with van der Waals surface area (Å²) in [6.45, 7) is -0.0473. The molecule has 0 radical (unpaired) electrons.